The maximum Gasteiger partial charge on any atom is 0.303 e. The van der Waals surface area contributed by atoms with Gasteiger partial charge in [0.1, 0.15) is 23.0 Å². The van der Waals surface area contributed by atoms with Crippen LogP contribution in [0.25, 0.3) is 11.5 Å². The fraction of sp³-hybridized carbons (Fsp3) is 0.614. The van der Waals surface area contributed by atoms with Crippen molar-refractivity contribution in [2.75, 3.05) is 26.4 Å². The van der Waals surface area contributed by atoms with Crippen LogP contribution in [0.1, 0.15) is 138 Å². The van der Waals surface area contributed by atoms with Gasteiger partial charge in [0.2, 0.25) is 0 Å². The molecule has 2 radical (unpaired) electrons. The Hall–Kier alpha value is -0.567. The molecule has 0 fully saturated rings. The average Bonchev–Trinajstić information content (AvgIpc) is 3.57. The van der Waals surface area contributed by atoms with E-state index in [4.69, 9.17) is 19.3 Å². The second-order valence-electron chi connectivity index (χ2n) is 17.0. The summed E-state index contributed by atoms with van der Waals surface area (Å²) in [5.74, 6) is 1.67. The number of rotatable bonds is 18. The summed E-state index contributed by atoms with van der Waals surface area (Å²) in [4.78, 5) is 10.5. The third-order valence-corrected chi connectivity index (χ3v) is 10.3. The summed E-state index contributed by atoms with van der Waals surface area (Å²) in [6, 6.07) is 14.6. The molecule has 0 aromatic heterocycles. The normalized spacial score (nSPS) is 16.2. The van der Waals surface area contributed by atoms with Crippen molar-refractivity contribution in [1.82, 2.24) is 0 Å². The number of unbranched alkanes of at least 4 members (excludes halogenated alkanes) is 7. The van der Waals surface area contributed by atoms with E-state index in [0.29, 0.717) is 26.2 Å². The number of carbonyl (C=O) groups is 1. The van der Waals surface area contributed by atoms with Crippen molar-refractivity contribution >= 4 is 17.5 Å². The Morgan fingerprint density at radius 1 is 0.698 bits per heavy atom. The van der Waals surface area contributed by atoms with Crippen LogP contribution < -0.4 is 0 Å². The zero-order valence-electron chi connectivity index (χ0n) is 34.1. The van der Waals surface area contributed by atoms with Gasteiger partial charge in [-0.15, -0.1) is 0 Å². The first-order chi connectivity index (χ1) is 23.9. The number of phenolic OH excluding ortho intramolecular Hbond substituents is 2. The van der Waals surface area contributed by atoms with Crippen LogP contribution in [0.4, 0.5) is 0 Å². The van der Waals surface area contributed by atoms with Crippen LogP contribution in [0.2, 0.25) is 0 Å². The van der Waals surface area contributed by atoms with Gasteiger partial charge in [0.25, 0.3) is 0 Å². The fourth-order valence-corrected chi connectivity index (χ4v) is 7.72. The third kappa shape index (κ3) is 15.4. The summed E-state index contributed by atoms with van der Waals surface area (Å²) in [6.45, 7) is 22.8. The number of carboxylic acids is 1. The van der Waals surface area contributed by atoms with E-state index in [2.05, 4.69) is 62.3 Å². The Kier molecular flexibility index (Phi) is 21.9. The minimum absolute atomic E-state index is 0. The van der Waals surface area contributed by atoms with Crippen molar-refractivity contribution in [1.29, 1.82) is 0 Å². The van der Waals surface area contributed by atoms with Crippen molar-refractivity contribution in [3.63, 3.8) is 0 Å². The second kappa shape index (κ2) is 23.0. The first-order valence-electron chi connectivity index (χ1n) is 19.1. The van der Waals surface area contributed by atoms with E-state index in [1.165, 1.54) is 36.8 Å². The zero-order chi connectivity index (χ0) is 37.9. The summed E-state index contributed by atoms with van der Waals surface area (Å²) in [5.41, 5.74) is 4.38. The predicted octanol–water partition coefficient (Wildman–Crippen LogP) is 11.4. The molecule has 7 nitrogen and oxygen atoms in total. The van der Waals surface area contributed by atoms with Crippen LogP contribution in [0.15, 0.2) is 59.7 Å². The van der Waals surface area contributed by atoms with Gasteiger partial charge in [-0.1, -0.05) is 125 Å². The Balaban J connectivity index is 0.000000572. The quantitative estimate of drug-likeness (QED) is 0.128. The molecular formula is C44H66Ac2O7. The van der Waals surface area contributed by atoms with Gasteiger partial charge < -0.3 is 29.5 Å². The largest absolute Gasteiger partial charge is 0.508 e. The number of hydrogen-bond donors (Lipinski definition) is 3. The van der Waals surface area contributed by atoms with Gasteiger partial charge in [0, 0.05) is 129 Å². The molecule has 53 heavy (non-hydrogen) atoms. The molecule has 9 heteroatoms. The van der Waals surface area contributed by atoms with Crippen LogP contribution in [0.5, 0.6) is 11.5 Å². The van der Waals surface area contributed by atoms with Gasteiger partial charge in [-0.05, 0) is 60.1 Å². The van der Waals surface area contributed by atoms with Gasteiger partial charge in [-0.3, -0.25) is 4.79 Å². The van der Waals surface area contributed by atoms with E-state index >= 15 is 0 Å². The van der Waals surface area contributed by atoms with Crippen LogP contribution in [-0.2, 0) is 19.0 Å². The summed E-state index contributed by atoms with van der Waals surface area (Å²) >= 11 is 0. The van der Waals surface area contributed by atoms with Crippen molar-refractivity contribution in [3.8, 4) is 11.5 Å². The molecule has 2 heterocycles. The molecule has 2 aromatic carbocycles. The molecule has 4 rings (SSSR count). The molecule has 0 bridgehead atoms. The average molecular weight is 1160 g/mol. The predicted molar refractivity (Wildman–Crippen MR) is 207 cm³/mol. The monoisotopic (exact) mass is 1160 g/mol. The molecule has 0 aliphatic carbocycles. The Bertz CT molecular complexity index is 1510. The topological polar surface area (TPSA) is 105 Å². The molecule has 2 aromatic rings. The number of carboxylic acid groups (broad SMARTS) is 1. The first kappa shape index (κ1) is 50.5. The van der Waals surface area contributed by atoms with Crippen LogP contribution in [-0.4, -0.2) is 47.7 Å². The number of aromatic hydroxyl groups is 2. The van der Waals surface area contributed by atoms with Crippen molar-refractivity contribution in [2.45, 2.75) is 127 Å². The minimum atomic E-state index is -0.691. The van der Waals surface area contributed by atoms with E-state index in [1.807, 2.05) is 24.3 Å². The zero-order valence-corrected chi connectivity index (χ0v) is 43.6. The smallest absolute Gasteiger partial charge is 0.303 e. The van der Waals surface area contributed by atoms with Crippen LogP contribution >= 0.6 is 0 Å². The van der Waals surface area contributed by atoms with Gasteiger partial charge >= 0.3 is 5.97 Å². The first-order valence-corrected chi connectivity index (χ1v) is 19.1. The Morgan fingerprint density at radius 2 is 1.11 bits per heavy atom. The number of hydrogen-bond acceptors (Lipinski definition) is 6. The molecule has 0 unspecified atom stereocenters. The molecule has 2 aliphatic rings. The van der Waals surface area contributed by atoms with E-state index in [0.717, 1.165) is 61.4 Å². The van der Waals surface area contributed by atoms with E-state index in [-0.39, 0.29) is 121 Å². The van der Waals surface area contributed by atoms with Gasteiger partial charge in [-0.2, -0.15) is 0 Å². The summed E-state index contributed by atoms with van der Waals surface area (Å²) in [5, 5.41) is 28.2. The van der Waals surface area contributed by atoms with Gasteiger partial charge in [0.05, 0.1) is 19.8 Å². The SMILES string of the molecule is CC(C)(COCCCCCCCCCCC(=O)O)C1=C(c2cccc(O)c2)OCC1(C)C.CCC(C)(C)C1=C(c2cccc(O)c2)OCC1(C)C.[Ac].[Ac]. The van der Waals surface area contributed by atoms with Crippen molar-refractivity contribution in [3.05, 3.63) is 70.8 Å². The van der Waals surface area contributed by atoms with Gasteiger partial charge in [0.15, 0.2) is 0 Å². The van der Waals surface area contributed by atoms with Crippen LogP contribution in [0.3, 0.4) is 0 Å². The molecule has 290 valence electrons. The number of aliphatic carboxylic acids is 1. The second-order valence-corrected chi connectivity index (χ2v) is 17.0. The van der Waals surface area contributed by atoms with Gasteiger partial charge in [-0.25, -0.2) is 0 Å². The molecule has 2 aliphatic heterocycles. The third-order valence-electron chi connectivity index (χ3n) is 10.3. The number of benzene rings is 2. The molecule has 0 saturated carbocycles. The molecule has 0 spiro atoms. The Labute approximate surface area is 392 Å². The molecule has 0 amide bonds. The molecule has 3 N–H and O–H groups in total. The van der Waals surface area contributed by atoms with Crippen LogP contribution in [0, 0.1) is 110 Å². The van der Waals surface area contributed by atoms with Crippen molar-refractivity contribution in [2.24, 2.45) is 21.7 Å². The fourth-order valence-electron chi connectivity index (χ4n) is 7.72. The molecule has 0 saturated heterocycles. The number of ether oxygens (including phenoxy) is 3. The standard InChI is InChI=1S/C27H42O5.C17H24O2.2Ac/c1-26(2,19-31-17-12-10-8-6-5-7-9-11-16-23(29)30)25-24(32-20-27(25,3)4)21-14-13-15-22(28)18-21;1-6-16(2,3)15-14(19-11-17(15,4)5)12-8-7-9-13(18)10-12;;/h13-15,18,28H,5-12,16-17,19-20H2,1-4H3,(H,29,30);7-10,18H,6,11H2,1-5H3;;. The maximum absolute atomic E-state index is 10.5. The van der Waals surface area contributed by atoms with E-state index in [9.17, 15) is 15.0 Å². The van der Waals surface area contributed by atoms with E-state index < -0.39 is 5.97 Å². The number of phenols is 2. The minimum Gasteiger partial charge on any atom is -0.508 e. The summed E-state index contributed by atoms with van der Waals surface area (Å²) < 4.78 is 18.2. The summed E-state index contributed by atoms with van der Waals surface area (Å²) in [7, 11) is 0. The van der Waals surface area contributed by atoms with Crippen molar-refractivity contribution < 1.29 is 122 Å². The Morgan fingerprint density at radius 3 is 1.53 bits per heavy atom. The maximum atomic E-state index is 10.5. The molecular weight excluding hydrogens is 1090 g/mol. The van der Waals surface area contributed by atoms with E-state index in [1.54, 1.807) is 24.3 Å². The molecule has 0 atom stereocenters. The summed E-state index contributed by atoms with van der Waals surface area (Å²) in [6.07, 6.45) is 10.1.